The molecule has 1 unspecified atom stereocenters. The first kappa shape index (κ1) is 17.6. The highest BCUT2D eigenvalue weighted by molar-refractivity contribution is 8.01. The van der Waals surface area contributed by atoms with Crippen LogP contribution in [0.25, 0.3) is 0 Å². The summed E-state index contributed by atoms with van der Waals surface area (Å²) in [5.41, 5.74) is 0. The van der Waals surface area contributed by atoms with Crippen LogP contribution in [0.1, 0.15) is 25.7 Å². The number of thioether (sulfide) groups is 1. The average Bonchev–Trinajstić information content (AvgIpc) is 3.48. The molecule has 2 saturated carbocycles. The van der Waals surface area contributed by atoms with Crippen LogP contribution in [0.4, 0.5) is 0 Å². The second-order valence-corrected chi connectivity index (χ2v) is 8.81. The van der Waals surface area contributed by atoms with Crippen molar-refractivity contribution in [2.45, 2.75) is 41.4 Å². The molecule has 0 aromatic heterocycles. The van der Waals surface area contributed by atoms with Gasteiger partial charge in [-0.15, -0.1) is 11.8 Å². The smallest absolute Gasteiger partial charge is 0.191 e. The van der Waals surface area contributed by atoms with Gasteiger partial charge >= 0.3 is 0 Å². The van der Waals surface area contributed by atoms with E-state index in [1.165, 1.54) is 30.6 Å². The molecule has 1 atom stereocenters. The number of guanidine groups is 1. The lowest BCUT2D eigenvalue weighted by Crippen LogP contribution is -2.47. The number of aliphatic imine (C=N–C) groups is 1. The van der Waals surface area contributed by atoms with Crippen LogP contribution < -0.4 is 10.6 Å². The summed E-state index contributed by atoms with van der Waals surface area (Å²) in [6, 6.07) is 11.3. The first-order valence-electron chi connectivity index (χ1n) is 8.97. The van der Waals surface area contributed by atoms with E-state index >= 15 is 0 Å². The summed E-state index contributed by atoms with van der Waals surface area (Å²) in [7, 11) is 6.22. The molecule has 24 heavy (non-hydrogen) atoms. The third kappa shape index (κ3) is 4.90. The molecule has 0 heterocycles. The van der Waals surface area contributed by atoms with E-state index in [1.807, 2.05) is 18.8 Å². The van der Waals surface area contributed by atoms with Crippen molar-refractivity contribution < 1.29 is 0 Å². The number of likely N-dealkylation sites (N-methyl/N-ethyl adjacent to an activating group) is 1. The van der Waals surface area contributed by atoms with Gasteiger partial charge in [0.05, 0.1) is 0 Å². The standard InChI is InChI=1S/C19H30N4S/c1-20-18(21-13-17(23(2)3)15-9-10-15)22-14-19(11-12-19)24-16-7-5-4-6-8-16/h4-8,15,17H,9-14H2,1-3H3,(H2,20,21,22). The fourth-order valence-corrected chi connectivity index (χ4v) is 4.36. The van der Waals surface area contributed by atoms with Crippen LogP contribution in [0.5, 0.6) is 0 Å². The van der Waals surface area contributed by atoms with Gasteiger partial charge in [0.25, 0.3) is 0 Å². The zero-order chi connectivity index (χ0) is 17.0. The normalized spacial score (nSPS) is 20.8. The molecule has 0 bridgehead atoms. The van der Waals surface area contributed by atoms with Crippen molar-refractivity contribution in [3.05, 3.63) is 30.3 Å². The number of hydrogen-bond acceptors (Lipinski definition) is 3. The molecule has 0 amide bonds. The summed E-state index contributed by atoms with van der Waals surface area (Å²) in [5, 5.41) is 7.07. The van der Waals surface area contributed by atoms with Crippen molar-refractivity contribution in [3.63, 3.8) is 0 Å². The second kappa shape index (κ2) is 7.79. The summed E-state index contributed by atoms with van der Waals surface area (Å²) < 4.78 is 0.344. The molecule has 2 aliphatic rings. The van der Waals surface area contributed by atoms with Crippen molar-refractivity contribution in [1.29, 1.82) is 0 Å². The van der Waals surface area contributed by atoms with Crippen molar-refractivity contribution in [2.75, 3.05) is 34.2 Å². The maximum Gasteiger partial charge on any atom is 0.191 e. The van der Waals surface area contributed by atoms with Gasteiger partial charge in [-0.1, -0.05) is 18.2 Å². The third-order valence-corrected chi connectivity index (χ3v) is 6.49. The Morgan fingerprint density at radius 1 is 1.25 bits per heavy atom. The minimum absolute atomic E-state index is 0.344. The van der Waals surface area contributed by atoms with Crippen LogP contribution in [0, 0.1) is 5.92 Å². The summed E-state index contributed by atoms with van der Waals surface area (Å²) in [5.74, 6) is 1.79. The lowest BCUT2D eigenvalue weighted by Gasteiger charge is -2.26. The Labute approximate surface area is 150 Å². The average molecular weight is 347 g/mol. The second-order valence-electron chi connectivity index (χ2n) is 7.27. The molecule has 0 spiro atoms. The number of benzene rings is 1. The van der Waals surface area contributed by atoms with Gasteiger partial charge in [-0.25, -0.2) is 0 Å². The summed E-state index contributed by atoms with van der Waals surface area (Å²) in [6.07, 6.45) is 5.29. The minimum Gasteiger partial charge on any atom is -0.355 e. The molecule has 5 heteroatoms. The van der Waals surface area contributed by atoms with Gasteiger partial charge in [0.2, 0.25) is 0 Å². The van der Waals surface area contributed by atoms with Crippen LogP contribution in [0.2, 0.25) is 0 Å². The van der Waals surface area contributed by atoms with E-state index in [-0.39, 0.29) is 0 Å². The topological polar surface area (TPSA) is 39.7 Å². The zero-order valence-electron chi connectivity index (χ0n) is 15.1. The van der Waals surface area contributed by atoms with E-state index < -0.39 is 0 Å². The highest BCUT2D eigenvalue weighted by atomic mass is 32.2. The summed E-state index contributed by atoms with van der Waals surface area (Å²) >= 11 is 2.00. The van der Waals surface area contributed by atoms with Gasteiger partial charge < -0.3 is 15.5 Å². The molecule has 0 saturated heterocycles. The molecule has 3 rings (SSSR count). The predicted octanol–water partition coefficient (Wildman–Crippen LogP) is 2.82. The molecule has 0 radical (unpaired) electrons. The maximum atomic E-state index is 4.40. The van der Waals surface area contributed by atoms with Crippen molar-refractivity contribution in [1.82, 2.24) is 15.5 Å². The Morgan fingerprint density at radius 3 is 2.50 bits per heavy atom. The SMILES string of the molecule is CN=C(NCC(C1CC1)N(C)C)NCC1(Sc2ccccc2)CC1. The van der Waals surface area contributed by atoms with Gasteiger partial charge in [-0.3, -0.25) is 4.99 Å². The van der Waals surface area contributed by atoms with Gasteiger partial charge in [0.15, 0.2) is 5.96 Å². The molecule has 132 valence electrons. The monoisotopic (exact) mass is 346 g/mol. The minimum atomic E-state index is 0.344. The zero-order valence-corrected chi connectivity index (χ0v) is 15.9. The Kier molecular flexibility index (Phi) is 5.72. The van der Waals surface area contributed by atoms with E-state index in [0.29, 0.717) is 10.8 Å². The molecule has 0 aliphatic heterocycles. The number of rotatable bonds is 8. The molecular formula is C19H30N4S. The van der Waals surface area contributed by atoms with Crippen molar-refractivity contribution >= 4 is 17.7 Å². The Bertz CT molecular complexity index is 548. The largest absolute Gasteiger partial charge is 0.355 e. The first-order valence-corrected chi connectivity index (χ1v) is 9.78. The molecule has 4 nitrogen and oxygen atoms in total. The number of nitrogens with zero attached hydrogens (tertiary/aromatic N) is 2. The maximum absolute atomic E-state index is 4.40. The van der Waals surface area contributed by atoms with Gasteiger partial charge in [0, 0.05) is 35.8 Å². The highest BCUT2D eigenvalue weighted by Crippen LogP contribution is 2.51. The molecular weight excluding hydrogens is 316 g/mol. The van der Waals surface area contributed by atoms with E-state index in [9.17, 15) is 0 Å². The van der Waals surface area contributed by atoms with Crippen LogP contribution >= 0.6 is 11.8 Å². The van der Waals surface area contributed by atoms with E-state index in [4.69, 9.17) is 0 Å². The lowest BCUT2D eigenvalue weighted by atomic mass is 10.1. The fraction of sp³-hybridized carbons (Fsp3) is 0.632. The van der Waals surface area contributed by atoms with Crippen LogP contribution in [-0.2, 0) is 0 Å². The quantitative estimate of drug-likeness (QED) is 0.561. The van der Waals surface area contributed by atoms with Gasteiger partial charge in [0.1, 0.15) is 0 Å². The van der Waals surface area contributed by atoms with E-state index in [1.54, 1.807) is 0 Å². The van der Waals surface area contributed by atoms with Gasteiger partial charge in [-0.2, -0.15) is 0 Å². The van der Waals surface area contributed by atoms with Crippen molar-refractivity contribution in [2.24, 2.45) is 10.9 Å². The first-order chi connectivity index (χ1) is 11.6. The Morgan fingerprint density at radius 2 is 1.96 bits per heavy atom. The summed E-state index contributed by atoms with van der Waals surface area (Å²) in [6.45, 7) is 1.94. The van der Waals surface area contributed by atoms with Crippen LogP contribution in [0.3, 0.4) is 0 Å². The van der Waals surface area contributed by atoms with Crippen LogP contribution in [0.15, 0.2) is 40.2 Å². The lowest BCUT2D eigenvalue weighted by molar-refractivity contribution is 0.264. The van der Waals surface area contributed by atoms with Crippen molar-refractivity contribution in [3.8, 4) is 0 Å². The Hall–Kier alpha value is -1.20. The predicted molar refractivity (Wildman–Crippen MR) is 104 cm³/mol. The fourth-order valence-electron chi connectivity index (χ4n) is 3.11. The van der Waals surface area contributed by atoms with E-state index in [2.05, 4.69) is 65.0 Å². The summed E-state index contributed by atoms with van der Waals surface area (Å²) in [4.78, 5) is 8.10. The number of nitrogens with one attached hydrogen (secondary N) is 2. The third-order valence-electron chi connectivity index (χ3n) is 4.99. The van der Waals surface area contributed by atoms with E-state index in [0.717, 1.165) is 25.0 Å². The molecule has 2 N–H and O–H groups in total. The molecule has 2 fully saturated rings. The molecule has 1 aromatic rings. The highest BCUT2D eigenvalue weighted by Gasteiger charge is 2.43. The van der Waals surface area contributed by atoms with Crippen LogP contribution in [-0.4, -0.2) is 55.9 Å². The van der Waals surface area contributed by atoms with Gasteiger partial charge in [-0.05, 0) is 57.8 Å². The Balaban J connectivity index is 1.46. The molecule has 2 aliphatic carbocycles. The number of hydrogen-bond donors (Lipinski definition) is 2. The molecule has 1 aromatic carbocycles.